The number of nitrogens with one attached hydrogen (secondary N) is 1. The van der Waals surface area contributed by atoms with Gasteiger partial charge in [-0.25, -0.2) is 0 Å². The summed E-state index contributed by atoms with van der Waals surface area (Å²) in [5.74, 6) is 0. The van der Waals surface area contributed by atoms with Crippen LogP contribution >= 0.6 is 12.4 Å². The molecule has 18 heavy (non-hydrogen) atoms. The number of nitrogens with zero attached hydrogens (tertiary/aromatic N) is 1. The quantitative estimate of drug-likeness (QED) is 0.790. The molecule has 0 aromatic heterocycles. The number of methoxy groups -OCH3 is 1. The standard InChI is InChI=1S/C13H26N2O2.ClH/c1-13(4-5-14-10-13)11-15(6-8-16-2)12-3-7-17-9-12;/h12,14H,3-11H2,1-2H3;1H. The van der Waals surface area contributed by atoms with Gasteiger partial charge in [0.25, 0.3) is 0 Å². The lowest BCUT2D eigenvalue weighted by Crippen LogP contribution is -2.45. The summed E-state index contributed by atoms with van der Waals surface area (Å²) in [7, 11) is 1.78. The largest absolute Gasteiger partial charge is 0.383 e. The zero-order chi connectivity index (χ0) is 12.1. The summed E-state index contributed by atoms with van der Waals surface area (Å²) in [6.45, 7) is 9.52. The van der Waals surface area contributed by atoms with Crippen molar-refractivity contribution < 1.29 is 9.47 Å². The highest BCUT2D eigenvalue weighted by molar-refractivity contribution is 5.85. The molecule has 2 unspecified atom stereocenters. The molecular formula is C13H27ClN2O2. The van der Waals surface area contributed by atoms with Gasteiger partial charge >= 0.3 is 0 Å². The van der Waals surface area contributed by atoms with E-state index >= 15 is 0 Å². The normalized spacial score (nSPS) is 31.8. The lowest BCUT2D eigenvalue weighted by atomic mass is 9.88. The smallest absolute Gasteiger partial charge is 0.0622 e. The highest BCUT2D eigenvalue weighted by Gasteiger charge is 2.33. The van der Waals surface area contributed by atoms with Gasteiger partial charge < -0.3 is 14.8 Å². The predicted molar refractivity (Wildman–Crippen MR) is 75.5 cm³/mol. The molecule has 2 heterocycles. The molecule has 2 saturated heterocycles. The van der Waals surface area contributed by atoms with Crippen molar-refractivity contribution in [1.29, 1.82) is 0 Å². The van der Waals surface area contributed by atoms with Crippen LogP contribution in [0.3, 0.4) is 0 Å². The summed E-state index contributed by atoms with van der Waals surface area (Å²) in [6, 6.07) is 0.600. The number of hydrogen-bond acceptors (Lipinski definition) is 4. The van der Waals surface area contributed by atoms with Crippen molar-refractivity contribution in [2.45, 2.75) is 25.8 Å². The van der Waals surface area contributed by atoms with E-state index in [1.54, 1.807) is 7.11 Å². The fourth-order valence-electron chi connectivity index (χ4n) is 2.90. The Hall–Kier alpha value is 0.130. The molecule has 0 aromatic rings. The van der Waals surface area contributed by atoms with Gasteiger partial charge in [-0.05, 0) is 24.8 Å². The second-order valence-electron chi connectivity index (χ2n) is 5.72. The number of ether oxygens (including phenoxy) is 2. The minimum Gasteiger partial charge on any atom is -0.383 e. The summed E-state index contributed by atoms with van der Waals surface area (Å²) in [5.41, 5.74) is 0.427. The summed E-state index contributed by atoms with van der Waals surface area (Å²) in [5, 5.41) is 3.48. The van der Waals surface area contributed by atoms with Gasteiger partial charge in [0.15, 0.2) is 0 Å². The van der Waals surface area contributed by atoms with Crippen LogP contribution in [-0.2, 0) is 9.47 Å². The summed E-state index contributed by atoms with van der Waals surface area (Å²) in [6.07, 6.45) is 2.46. The molecule has 108 valence electrons. The number of hydrogen-bond donors (Lipinski definition) is 1. The Balaban J connectivity index is 0.00000162. The molecule has 0 spiro atoms. The third-order valence-electron chi connectivity index (χ3n) is 4.05. The van der Waals surface area contributed by atoms with E-state index in [2.05, 4.69) is 17.1 Å². The van der Waals surface area contributed by atoms with Gasteiger partial charge in [0.1, 0.15) is 0 Å². The van der Waals surface area contributed by atoms with E-state index in [0.29, 0.717) is 11.5 Å². The number of halogens is 1. The summed E-state index contributed by atoms with van der Waals surface area (Å²) in [4.78, 5) is 2.57. The topological polar surface area (TPSA) is 33.7 Å². The maximum atomic E-state index is 5.52. The first-order valence-electron chi connectivity index (χ1n) is 6.75. The first kappa shape index (κ1) is 16.2. The van der Waals surface area contributed by atoms with Crippen LogP contribution in [0.15, 0.2) is 0 Å². The SMILES string of the molecule is COCCN(CC1(C)CCNC1)C1CCOC1.Cl. The summed E-state index contributed by atoms with van der Waals surface area (Å²) >= 11 is 0. The molecule has 0 aromatic carbocycles. The van der Waals surface area contributed by atoms with Crippen LogP contribution in [0.5, 0.6) is 0 Å². The molecule has 0 saturated carbocycles. The lowest BCUT2D eigenvalue weighted by Gasteiger charge is -2.35. The Morgan fingerprint density at radius 1 is 1.50 bits per heavy atom. The molecule has 0 radical (unpaired) electrons. The molecule has 0 bridgehead atoms. The van der Waals surface area contributed by atoms with Gasteiger partial charge in [-0.3, -0.25) is 4.90 Å². The van der Waals surface area contributed by atoms with E-state index in [-0.39, 0.29) is 12.4 Å². The first-order valence-corrected chi connectivity index (χ1v) is 6.75. The molecular weight excluding hydrogens is 252 g/mol. The Labute approximate surface area is 117 Å². The predicted octanol–water partition coefficient (Wildman–Crippen LogP) is 1.15. The molecule has 4 nitrogen and oxygen atoms in total. The van der Waals surface area contributed by atoms with Crippen molar-refractivity contribution in [1.82, 2.24) is 10.2 Å². The third kappa shape index (κ3) is 4.35. The fourth-order valence-corrected chi connectivity index (χ4v) is 2.90. The Bertz CT molecular complexity index is 229. The minimum absolute atomic E-state index is 0. The average molecular weight is 279 g/mol. The maximum Gasteiger partial charge on any atom is 0.0622 e. The third-order valence-corrected chi connectivity index (χ3v) is 4.05. The fraction of sp³-hybridized carbons (Fsp3) is 1.00. The van der Waals surface area contributed by atoms with Crippen LogP contribution in [-0.4, -0.2) is 64.1 Å². The van der Waals surface area contributed by atoms with Crippen LogP contribution in [0.4, 0.5) is 0 Å². The van der Waals surface area contributed by atoms with Crippen molar-refractivity contribution in [2.24, 2.45) is 5.41 Å². The second-order valence-corrected chi connectivity index (χ2v) is 5.72. The van der Waals surface area contributed by atoms with Crippen molar-refractivity contribution in [3.8, 4) is 0 Å². The van der Waals surface area contributed by atoms with E-state index < -0.39 is 0 Å². The van der Waals surface area contributed by atoms with Crippen molar-refractivity contribution >= 4 is 12.4 Å². The molecule has 2 rings (SSSR count). The minimum atomic E-state index is 0. The van der Waals surface area contributed by atoms with Crippen LogP contribution in [0.1, 0.15) is 19.8 Å². The highest BCUT2D eigenvalue weighted by atomic mass is 35.5. The zero-order valence-corrected chi connectivity index (χ0v) is 12.4. The summed E-state index contributed by atoms with van der Waals surface area (Å²) < 4.78 is 10.7. The van der Waals surface area contributed by atoms with Crippen LogP contribution < -0.4 is 5.32 Å². The highest BCUT2D eigenvalue weighted by Crippen LogP contribution is 2.27. The molecule has 2 fully saturated rings. The van der Waals surface area contributed by atoms with Crippen molar-refractivity contribution in [3.05, 3.63) is 0 Å². The Morgan fingerprint density at radius 3 is 2.89 bits per heavy atom. The van der Waals surface area contributed by atoms with Crippen molar-refractivity contribution in [2.75, 3.05) is 53.1 Å². The van der Waals surface area contributed by atoms with Crippen LogP contribution in [0, 0.1) is 5.41 Å². The molecule has 2 atom stereocenters. The molecule has 1 N–H and O–H groups in total. The van der Waals surface area contributed by atoms with Gasteiger partial charge in [-0.15, -0.1) is 12.4 Å². The second kappa shape index (κ2) is 7.65. The van der Waals surface area contributed by atoms with E-state index in [1.165, 1.54) is 12.8 Å². The van der Waals surface area contributed by atoms with E-state index in [4.69, 9.17) is 9.47 Å². The average Bonchev–Trinajstić information content (AvgIpc) is 2.95. The molecule has 0 aliphatic carbocycles. The van der Waals surface area contributed by atoms with Crippen LogP contribution in [0.25, 0.3) is 0 Å². The Morgan fingerprint density at radius 2 is 2.33 bits per heavy atom. The van der Waals surface area contributed by atoms with E-state index in [9.17, 15) is 0 Å². The van der Waals surface area contributed by atoms with Gasteiger partial charge in [0.05, 0.1) is 13.2 Å². The zero-order valence-electron chi connectivity index (χ0n) is 11.6. The lowest BCUT2D eigenvalue weighted by molar-refractivity contribution is 0.0764. The van der Waals surface area contributed by atoms with E-state index in [0.717, 1.165) is 46.0 Å². The molecule has 2 aliphatic rings. The van der Waals surface area contributed by atoms with Crippen LogP contribution in [0.2, 0.25) is 0 Å². The van der Waals surface area contributed by atoms with Crippen molar-refractivity contribution in [3.63, 3.8) is 0 Å². The molecule has 0 amide bonds. The monoisotopic (exact) mass is 278 g/mol. The number of rotatable bonds is 6. The molecule has 5 heteroatoms. The van der Waals surface area contributed by atoms with Gasteiger partial charge in [0, 0.05) is 39.4 Å². The van der Waals surface area contributed by atoms with Gasteiger partial charge in [-0.1, -0.05) is 6.92 Å². The Kier molecular flexibility index (Phi) is 6.88. The van der Waals surface area contributed by atoms with Gasteiger partial charge in [0.2, 0.25) is 0 Å². The van der Waals surface area contributed by atoms with E-state index in [1.807, 2.05) is 0 Å². The first-order chi connectivity index (χ1) is 8.23. The van der Waals surface area contributed by atoms with Gasteiger partial charge in [-0.2, -0.15) is 0 Å². The maximum absolute atomic E-state index is 5.52. The molecule has 2 aliphatic heterocycles.